The molecule has 9 aromatic rings. The third-order valence-corrected chi connectivity index (χ3v) is 12.9. The highest BCUT2D eigenvalue weighted by atomic mass is 15.2. The summed E-state index contributed by atoms with van der Waals surface area (Å²) in [4.78, 5) is 20.6. The molecule has 1 aliphatic carbocycles. The molecule has 308 valence electrons. The minimum atomic E-state index is -0.636. The van der Waals surface area contributed by atoms with E-state index >= 15 is 0 Å². The van der Waals surface area contributed by atoms with Crippen LogP contribution in [0.15, 0.2) is 250 Å². The lowest BCUT2D eigenvalue weighted by molar-refractivity contribution is 0.754. The lowest BCUT2D eigenvalue weighted by Gasteiger charge is -2.34. The van der Waals surface area contributed by atoms with Gasteiger partial charge in [0.25, 0.3) is 0 Å². The summed E-state index contributed by atoms with van der Waals surface area (Å²) in [6, 6.07) is 81.5. The van der Waals surface area contributed by atoms with Gasteiger partial charge in [-0.3, -0.25) is 0 Å². The molecular weight excluding hydrogens is 793 g/mol. The maximum atomic E-state index is 5.20. The molecule has 0 aromatic heterocycles. The Kier molecular flexibility index (Phi) is 9.41. The van der Waals surface area contributed by atoms with Crippen LogP contribution in [0.25, 0.3) is 21.9 Å². The van der Waals surface area contributed by atoms with Gasteiger partial charge in [-0.1, -0.05) is 231 Å². The Morgan fingerprint density at radius 2 is 0.723 bits per heavy atom. The fourth-order valence-corrected chi connectivity index (χ4v) is 9.82. The second-order valence-corrected chi connectivity index (χ2v) is 16.6. The van der Waals surface area contributed by atoms with Gasteiger partial charge in [-0.05, 0) is 55.3 Å². The fourth-order valence-electron chi connectivity index (χ4n) is 9.82. The van der Waals surface area contributed by atoms with Crippen molar-refractivity contribution < 1.29 is 0 Å². The Morgan fingerprint density at radius 1 is 0.323 bits per heavy atom. The number of hydrogen-bond acceptors (Lipinski definition) is 6. The minimum absolute atomic E-state index is 0.379. The van der Waals surface area contributed by atoms with E-state index in [4.69, 9.17) is 20.0 Å². The van der Waals surface area contributed by atoms with Gasteiger partial charge in [0.05, 0.1) is 5.41 Å². The van der Waals surface area contributed by atoms with Gasteiger partial charge in [-0.15, -0.1) is 0 Å². The number of aliphatic imine (C=N–C) groups is 4. The Bertz CT molecular complexity index is 3180. The molecule has 2 heterocycles. The minimum Gasteiger partial charge on any atom is -0.324 e. The van der Waals surface area contributed by atoms with Crippen LogP contribution in [0.2, 0.25) is 0 Å². The summed E-state index contributed by atoms with van der Waals surface area (Å²) >= 11 is 0. The van der Waals surface area contributed by atoms with Crippen LogP contribution >= 0.6 is 0 Å². The highest BCUT2D eigenvalue weighted by molar-refractivity contribution is 6.17. The molecule has 6 heteroatoms. The second-order valence-electron chi connectivity index (χ2n) is 16.6. The maximum absolute atomic E-state index is 5.20. The van der Waals surface area contributed by atoms with Crippen LogP contribution in [0.3, 0.4) is 0 Å². The van der Waals surface area contributed by atoms with Gasteiger partial charge >= 0.3 is 0 Å². The van der Waals surface area contributed by atoms with Crippen molar-refractivity contribution in [3.63, 3.8) is 0 Å². The average Bonchev–Trinajstić information content (AvgIpc) is 3.71. The summed E-state index contributed by atoms with van der Waals surface area (Å²) in [6.07, 6.45) is -0.759. The first kappa shape index (κ1) is 38.2. The molecule has 12 rings (SSSR count). The molecule has 2 N–H and O–H groups in total. The summed E-state index contributed by atoms with van der Waals surface area (Å²) in [5.74, 6) is 3.16. The molecule has 65 heavy (non-hydrogen) atoms. The fraction of sp³-hybridized carbons (Fsp3) is 0.0508. The molecule has 0 amide bonds. The second kappa shape index (κ2) is 16.0. The molecular formula is C59H42N6. The molecule has 0 spiro atoms. The van der Waals surface area contributed by atoms with Crippen molar-refractivity contribution in [3.05, 3.63) is 286 Å². The van der Waals surface area contributed by atoms with Crippen LogP contribution in [-0.2, 0) is 5.41 Å². The van der Waals surface area contributed by atoms with Crippen molar-refractivity contribution in [2.24, 2.45) is 20.0 Å². The molecule has 0 saturated heterocycles. The van der Waals surface area contributed by atoms with Crippen molar-refractivity contribution in [1.29, 1.82) is 0 Å². The smallest absolute Gasteiger partial charge is 0.169 e. The van der Waals surface area contributed by atoms with Crippen molar-refractivity contribution in [2.75, 3.05) is 0 Å². The normalized spacial score (nSPS) is 18.5. The van der Waals surface area contributed by atoms with E-state index in [1.807, 2.05) is 72.8 Å². The SMILES string of the molecule is c1ccc(C2=NC(c3ccccc3)N=C(c3ccc(C4(c5ccc(C6=NC(c7ccccc7)N=C(c7ccccc7)N6)cc5)c5ccccc5-c5c4ccc4ccccc54)cc3)N2)cc1. The van der Waals surface area contributed by atoms with Gasteiger partial charge in [0, 0.05) is 22.3 Å². The first-order valence-electron chi connectivity index (χ1n) is 22.1. The molecule has 0 fully saturated rings. The Morgan fingerprint density at radius 3 is 1.22 bits per heavy atom. The van der Waals surface area contributed by atoms with E-state index < -0.39 is 5.41 Å². The first-order valence-corrected chi connectivity index (χ1v) is 22.1. The van der Waals surface area contributed by atoms with Crippen LogP contribution < -0.4 is 10.6 Å². The van der Waals surface area contributed by atoms with Gasteiger partial charge in [0.15, 0.2) is 12.3 Å². The van der Waals surface area contributed by atoms with Crippen LogP contribution in [0.5, 0.6) is 0 Å². The highest BCUT2D eigenvalue weighted by Crippen LogP contribution is 2.57. The van der Waals surface area contributed by atoms with E-state index in [1.54, 1.807) is 0 Å². The van der Waals surface area contributed by atoms with Gasteiger partial charge in [-0.25, -0.2) is 20.0 Å². The molecule has 0 bridgehead atoms. The predicted octanol–water partition coefficient (Wildman–Crippen LogP) is 12.2. The lowest BCUT2D eigenvalue weighted by Crippen LogP contribution is -2.36. The topological polar surface area (TPSA) is 73.5 Å². The van der Waals surface area contributed by atoms with Crippen molar-refractivity contribution in [2.45, 2.75) is 17.7 Å². The van der Waals surface area contributed by atoms with Crippen LogP contribution in [-0.4, -0.2) is 23.3 Å². The average molecular weight is 835 g/mol. The summed E-state index contributed by atoms with van der Waals surface area (Å²) in [6.45, 7) is 0. The van der Waals surface area contributed by atoms with E-state index in [2.05, 4.69) is 168 Å². The zero-order valence-corrected chi connectivity index (χ0v) is 35.4. The third-order valence-electron chi connectivity index (χ3n) is 12.9. The van der Waals surface area contributed by atoms with E-state index in [1.165, 1.54) is 44.2 Å². The third kappa shape index (κ3) is 6.66. The van der Waals surface area contributed by atoms with Gasteiger partial charge in [-0.2, -0.15) is 0 Å². The lowest BCUT2D eigenvalue weighted by atomic mass is 9.67. The van der Waals surface area contributed by atoms with Gasteiger partial charge < -0.3 is 10.6 Å². The zero-order chi connectivity index (χ0) is 43.2. The summed E-state index contributed by atoms with van der Waals surface area (Å²) in [5, 5.41) is 9.68. The molecule has 0 radical (unpaired) electrons. The molecule has 6 nitrogen and oxygen atoms in total. The van der Waals surface area contributed by atoms with Gasteiger partial charge in [0.2, 0.25) is 0 Å². The number of hydrogen-bond donors (Lipinski definition) is 2. The number of amidine groups is 4. The van der Waals surface area contributed by atoms with Crippen molar-refractivity contribution >= 4 is 34.1 Å². The maximum Gasteiger partial charge on any atom is 0.169 e. The Labute approximate surface area is 378 Å². The number of nitrogens with one attached hydrogen (secondary N) is 2. The zero-order valence-electron chi connectivity index (χ0n) is 35.4. The largest absolute Gasteiger partial charge is 0.324 e. The van der Waals surface area contributed by atoms with Crippen LogP contribution in [0, 0.1) is 0 Å². The Hall–Kier alpha value is -8.48. The summed E-state index contributed by atoms with van der Waals surface area (Å²) in [5.41, 5.74) is 12.8. The van der Waals surface area contributed by atoms with E-state index in [0.717, 1.165) is 56.7 Å². The van der Waals surface area contributed by atoms with Crippen LogP contribution in [0.1, 0.15) is 68.0 Å². The monoisotopic (exact) mass is 834 g/mol. The molecule has 0 saturated carbocycles. The number of rotatable bonds is 8. The quantitative estimate of drug-likeness (QED) is 0.160. The summed E-state index contributed by atoms with van der Waals surface area (Å²) < 4.78 is 0. The molecule has 2 aliphatic heterocycles. The number of nitrogens with zero attached hydrogens (tertiary/aromatic N) is 4. The van der Waals surface area contributed by atoms with E-state index in [0.29, 0.717) is 0 Å². The van der Waals surface area contributed by atoms with Gasteiger partial charge in [0.1, 0.15) is 23.3 Å². The standard InChI is InChI=1S/C59H42N6/c1-5-18-40(19-6-1)53-60-54(41-20-7-2-8-21-41)63-57(62-53)44-29-34-46(35-30-44)59(50-28-16-15-27-49(50)52-48-26-14-13-17-39(48)33-38-51(52)59)47-36-31-45(32-37-47)58-64-55(42-22-9-3-10-23-42)61-56(65-58)43-24-11-4-12-25-43/h1-38,53,55H,(H,60,62,63)(H,61,64,65). The summed E-state index contributed by atoms with van der Waals surface area (Å²) in [7, 11) is 0. The highest BCUT2D eigenvalue weighted by Gasteiger charge is 2.46. The molecule has 3 aliphatic rings. The van der Waals surface area contributed by atoms with E-state index in [9.17, 15) is 0 Å². The van der Waals surface area contributed by atoms with Crippen molar-refractivity contribution in [3.8, 4) is 11.1 Å². The van der Waals surface area contributed by atoms with Crippen LogP contribution in [0.4, 0.5) is 0 Å². The molecule has 9 aromatic carbocycles. The molecule has 2 atom stereocenters. The Balaban J connectivity index is 0.993. The number of fused-ring (bicyclic) bond motifs is 5. The molecule has 2 unspecified atom stereocenters. The predicted molar refractivity (Wildman–Crippen MR) is 265 cm³/mol. The first-order chi connectivity index (χ1) is 32.2. The van der Waals surface area contributed by atoms with Crippen molar-refractivity contribution in [1.82, 2.24) is 10.6 Å². The van der Waals surface area contributed by atoms with E-state index in [-0.39, 0.29) is 12.3 Å². The number of benzene rings is 9.